The average molecular weight is 488 g/mol. The number of hydrazone groups is 1. The van der Waals surface area contributed by atoms with E-state index >= 15 is 0 Å². The van der Waals surface area contributed by atoms with Crippen LogP contribution in [0, 0.1) is 6.92 Å². The van der Waals surface area contributed by atoms with Gasteiger partial charge in [-0.05, 0) is 61.7 Å². The van der Waals surface area contributed by atoms with Gasteiger partial charge >= 0.3 is 6.03 Å². The number of methoxy groups -OCH3 is 2. The summed E-state index contributed by atoms with van der Waals surface area (Å²) in [5, 5.41) is 11.8. The summed E-state index contributed by atoms with van der Waals surface area (Å²) in [6.45, 7) is 3.85. The number of hydrogen-bond acceptors (Lipinski definition) is 6. The Bertz CT molecular complexity index is 1320. The Balaban J connectivity index is 1.75. The van der Waals surface area contributed by atoms with Gasteiger partial charge in [-0.3, -0.25) is 9.78 Å². The van der Waals surface area contributed by atoms with Crippen molar-refractivity contribution in [3.63, 3.8) is 0 Å². The molecule has 1 aliphatic heterocycles. The first-order valence-corrected chi connectivity index (χ1v) is 11.5. The highest BCUT2D eigenvalue weighted by Gasteiger charge is 2.28. The molecule has 0 bridgehead atoms. The number of carbonyl (C=O) groups excluding carboxylic acids is 2. The minimum atomic E-state index is -0.311. The Morgan fingerprint density at radius 1 is 1.06 bits per heavy atom. The molecule has 0 spiro atoms. The Hall–Kier alpha value is -4.40. The fourth-order valence-electron chi connectivity index (χ4n) is 4.12. The van der Waals surface area contributed by atoms with Crippen LogP contribution in [0.5, 0.6) is 11.5 Å². The number of hydrogen-bond donors (Lipinski definition) is 2. The number of pyridine rings is 1. The van der Waals surface area contributed by atoms with Gasteiger partial charge in [0.2, 0.25) is 0 Å². The summed E-state index contributed by atoms with van der Waals surface area (Å²) in [6, 6.07) is 12.2. The van der Waals surface area contributed by atoms with Gasteiger partial charge < -0.3 is 20.1 Å². The molecule has 2 heterocycles. The van der Waals surface area contributed by atoms with Crippen LogP contribution in [0.1, 0.15) is 39.5 Å². The number of ether oxygens (including phenoxy) is 2. The minimum Gasteiger partial charge on any atom is -0.493 e. The quantitative estimate of drug-likeness (QED) is 0.566. The number of carbonyl (C=O) groups is 2. The number of aromatic nitrogens is 1. The molecule has 1 atom stereocenters. The molecule has 9 heteroatoms. The van der Waals surface area contributed by atoms with Crippen molar-refractivity contribution >= 4 is 23.3 Å². The number of aryl methyl sites for hydroxylation is 1. The maximum absolute atomic E-state index is 12.8. The first kappa shape index (κ1) is 24.7. The monoisotopic (exact) mass is 487 g/mol. The maximum atomic E-state index is 12.8. The Labute approximate surface area is 210 Å². The van der Waals surface area contributed by atoms with Crippen LogP contribution in [0.15, 0.2) is 60.0 Å². The van der Waals surface area contributed by atoms with Crippen molar-refractivity contribution in [3.8, 4) is 11.5 Å². The van der Waals surface area contributed by atoms with Gasteiger partial charge in [0.05, 0.1) is 37.9 Å². The van der Waals surface area contributed by atoms with E-state index in [4.69, 9.17) is 14.6 Å². The molecule has 0 radical (unpaired) electrons. The van der Waals surface area contributed by atoms with Gasteiger partial charge in [0.15, 0.2) is 11.5 Å². The van der Waals surface area contributed by atoms with Gasteiger partial charge in [-0.1, -0.05) is 12.1 Å². The summed E-state index contributed by atoms with van der Waals surface area (Å²) >= 11 is 0. The van der Waals surface area contributed by atoms with Gasteiger partial charge in [0, 0.05) is 29.9 Å². The van der Waals surface area contributed by atoms with Crippen molar-refractivity contribution in [3.05, 3.63) is 82.7 Å². The molecule has 2 aromatic carbocycles. The number of urea groups is 1. The zero-order valence-corrected chi connectivity index (χ0v) is 21.0. The predicted molar refractivity (Wildman–Crippen MR) is 138 cm³/mol. The molecule has 36 heavy (non-hydrogen) atoms. The van der Waals surface area contributed by atoms with Gasteiger partial charge in [0.1, 0.15) is 0 Å². The van der Waals surface area contributed by atoms with Crippen LogP contribution in [0.25, 0.3) is 0 Å². The molecule has 0 aliphatic carbocycles. The van der Waals surface area contributed by atoms with Crippen LogP contribution in [0.2, 0.25) is 0 Å². The molecule has 0 saturated carbocycles. The fourth-order valence-corrected chi connectivity index (χ4v) is 4.12. The molecular weight excluding hydrogens is 458 g/mol. The van der Waals surface area contributed by atoms with E-state index in [0.717, 1.165) is 22.3 Å². The number of fused-ring (bicyclic) bond motifs is 1. The van der Waals surface area contributed by atoms with Crippen molar-refractivity contribution in [2.75, 3.05) is 26.6 Å². The molecule has 1 unspecified atom stereocenters. The normalized spacial score (nSPS) is 14.8. The van der Waals surface area contributed by atoms with E-state index in [0.29, 0.717) is 34.9 Å². The zero-order chi connectivity index (χ0) is 25.8. The summed E-state index contributed by atoms with van der Waals surface area (Å²) in [4.78, 5) is 29.5. The summed E-state index contributed by atoms with van der Waals surface area (Å²) in [5.41, 5.74) is 5.21. The standard InChI is InChI=1S/C27H29N5O4/c1-16-10-11-29-15-22(16)30-26(33)19-8-6-18(7-9-19)25-21-14-24(36-5)23(35-4)13-20(21)12-17(2)32(31-25)27(34)28-3/h6-11,13-15,17H,12H2,1-5H3,(H,28,34)(H,30,33). The molecule has 3 amide bonds. The van der Waals surface area contributed by atoms with E-state index in [1.54, 1.807) is 45.8 Å². The Morgan fingerprint density at radius 2 is 1.75 bits per heavy atom. The molecule has 186 valence electrons. The maximum Gasteiger partial charge on any atom is 0.337 e. The summed E-state index contributed by atoms with van der Waals surface area (Å²) in [7, 11) is 4.74. The lowest BCUT2D eigenvalue weighted by Crippen LogP contribution is -2.41. The van der Waals surface area contributed by atoms with Crippen molar-refractivity contribution in [1.29, 1.82) is 0 Å². The topological polar surface area (TPSA) is 105 Å². The molecule has 9 nitrogen and oxygen atoms in total. The second kappa shape index (κ2) is 10.5. The fraction of sp³-hybridized carbons (Fsp3) is 0.259. The number of nitrogens with one attached hydrogen (secondary N) is 2. The number of anilines is 1. The van der Waals surface area contributed by atoms with Gasteiger partial charge in [-0.25, -0.2) is 9.80 Å². The van der Waals surface area contributed by atoms with Crippen LogP contribution >= 0.6 is 0 Å². The number of rotatable bonds is 5. The highest BCUT2D eigenvalue weighted by Crippen LogP contribution is 2.34. The molecule has 3 aromatic rings. The second-order valence-corrected chi connectivity index (χ2v) is 8.49. The third kappa shape index (κ3) is 4.86. The van der Waals surface area contributed by atoms with Crippen LogP contribution in [-0.4, -0.2) is 55.0 Å². The van der Waals surface area contributed by atoms with Crippen molar-refractivity contribution in [2.45, 2.75) is 26.3 Å². The van der Waals surface area contributed by atoms with Crippen LogP contribution in [0.4, 0.5) is 10.5 Å². The largest absolute Gasteiger partial charge is 0.493 e. The van der Waals surface area contributed by atoms with E-state index < -0.39 is 0 Å². The van der Waals surface area contributed by atoms with Gasteiger partial charge in [0.25, 0.3) is 5.91 Å². The first-order chi connectivity index (χ1) is 17.4. The Kier molecular flexibility index (Phi) is 7.19. The third-order valence-corrected chi connectivity index (χ3v) is 6.13. The lowest BCUT2D eigenvalue weighted by atomic mass is 9.93. The Morgan fingerprint density at radius 3 is 2.39 bits per heavy atom. The highest BCUT2D eigenvalue weighted by molar-refractivity contribution is 6.15. The van der Waals surface area contributed by atoms with E-state index in [9.17, 15) is 9.59 Å². The SMILES string of the molecule is CNC(=O)N1N=C(c2ccc(C(=O)Nc3cnccc3C)cc2)c2cc(OC)c(OC)cc2CC1C. The molecule has 0 saturated heterocycles. The molecule has 2 N–H and O–H groups in total. The summed E-state index contributed by atoms with van der Waals surface area (Å²) in [6.07, 6.45) is 3.87. The highest BCUT2D eigenvalue weighted by atomic mass is 16.5. The molecule has 0 fully saturated rings. The van der Waals surface area contributed by atoms with Crippen LogP contribution < -0.4 is 20.1 Å². The van der Waals surface area contributed by atoms with Crippen LogP contribution in [0.3, 0.4) is 0 Å². The number of benzene rings is 2. The molecule has 1 aliphatic rings. The molecule has 1 aromatic heterocycles. The van der Waals surface area contributed by atoms with E-state index in [2.05, 4.69) is 15.6 Å². The molecular formula is C27H29N5O4. The van der Waals surface area contributed by atoms with Gasteiger partial charge in [-0.2, -0.15) is 5.10 Å². The number of amides is 3. The van der Waals surface area contributed by atoms with Gasteiger partial charge in [-0.15, -0.1) is 0 Å². The minimum absolute atomic E-state index is 0.202. The van der Waals surface area contributed by atoms with Crippen LogP contribution in [-0.2, 0) is 6.42 Å². The smallest absolute Gasteiger partial charge is 0.337 e. The lowest BCUT2D eigenvalue weighted by Gasteiger charge is -2.22. The van der Waals surface area contributed by atoms with Crippen molar-refractivity contribution in [1.82, 2.24) is 15.3 Å². The summed E-state index contributed by atoms with van der Waals surface area (Å²) in [5.74, 6) is 0.926. The van der Waals surface area contributed by atoms with E-state index in [1.807, 2.05) is 44.2 Å². The second-order valence-electron chi connectivity index (χ2n) is 8.49. The predicted octanol–water partition coefficient (Wildman–Crippen LogP) is 4.00. The zero-order valence-electron chi connectivity index (χ0n) is 21.0. The van der Waals surface area contributed by atoms with E-state index in [1.165, 1.54) is 5.01 Å². The van der Waals surface area contributed by atoms with Crippen molar-refractivity contribution in [2.24, 2.45) is 5.10 Å². The third-order valence-electron chi connectivity index (χ3n) is 6.13. The molecule has 4 rings (SSSR count). The lowest BCUT2D eigenvalue weighted by molar-refractivity contribution is 0.102. The van der Waals surface area contributed by atoms with Crippen molar-refractivity contribution < 1.29 is 19.1 Å². The van der Waals surface area contributed by atoms with E-state index in [-0.39, 0.29) is 18.0 Å². The number of nitrogens with zero attached hydrogens (tertiary/aromatic N) is 3. The first-order valence-electron chi connectivity index (χ1n) is 11.5. The average Bonchev–Trinajstić information content (AvgIpc) is 3.04. The summed E-state index contributed by atoms with van der Waals surface area (Å²) < 4.78 is 11.0.